The van der Waals surface area contributed by atoms with Gasteiger partial charge in [-0.25, -0.2) is 0 Å². The van der Waals surface area contributed by atoms with Crippen LogP contribution in [0.5, 0.6) is 0 Å². The van der Waals surface area contributed by atoms with Crippen LogP contribution < -0.4 is 5.73 Å². The Balaban J connectivity index is 3.04. The van der Waals surface area contributed by atoms with Crippen molar-refractivity contribution >= 4 is 18.0 Å². The molecule has 0 bridgehead atoms. The average molecular weight is 226 g/mol. The van der Waals surface area contributed by atoms with E-state index in [2.05, 4.69) is 18.3 Å². The van der Waals surface area contributed by atoms with Crippen molar-refractivity contribution in [1.29, 1.82) is 0 Å². The first-order valence-corrected chi connectivity index (χ1v) is 5.41. The van der Waals surface area contributed by atoms with Gasteiger partial charge in [-0.05, 0) is 61.0 Å². The van der Waals surface area contributed by atoms with Crippen LogP contribution in [0.25, 0.3) is 5.57 Å². The Morgan fingerprint density at radius 1 is 1.41 bits per heavy atom. The largest absolute Gasteiger partial charge is 0.399 e. The third-order valence-corrected chi connectivity index (χ3v) is 2.60. The molecule has 0 aromatic heterocycles. The summed E-state index contributed by atoms with van der Waals surface area (Å²) >= 11 is 0. The number of benzene rings is 1. The normalized spacial score (nSPS) is 11.8. The molecule has 0 radical (unpaired) electrons. The molecule has 0 atom stereocenters. The molecule has 2 N–H and O–H groups in total. The van der Waals surface area contributed by atoms with E-state index in [-0.39, 0.29) is 0 Å². The predicted molar refractivity (Wildman–Crippen MR) is 77.1 cm³/mol. The highest BCUT2D eigenvalue weighted by molar-refractivity contribution is 5.80. The van der Waals surface area contributed by atoms with Gasteiger partial charge in [0.1, 0.15) is 0 Å². The number of anilines is 1. The van der Waals surface area contributed by atoms with Crippen molar-refractivity contribution in [2.45, 2.75) is 13.8 Å². The Labute approximate surface area is 103 Å². The minimum atomic E-state index is 0.753. The molecule has 1 aromatic rings. The number of hydrogen-bond acceptors (Lipinski definition) is 2. The van der Waals surface area contributed by atoms with Gasteiger partial charge >= 0.3 is 0 Å². The summed E-state index contributed by atoms with van der Waals surface area (Å²) in [4.78, 5) is 3.65. The van der Waals surface area contributed by atoms with E-state index in [4.69, 9.17) is 5.73 Å². The summed E-state index contributed by atoms with van der Waals surface area (Å²) in [6.45, 7) is 11.5. The molecule has 0 amide bonds. The van der Waals surface area contributed by atoms with Gasteiger partial charge in [0.15, 0.2) is 0 Å². The van der Waals surface area contributed by atoms with Crippen LogP contribution in [-0.2, 0) is 0 Å². The molecule has 0 saturated heterocycles. The molecule has 0 aliphatic carbocycles. The van der Waals surface area contributed by atoms with Crippen molar-refractivity contribution in [2.24, 2.45) is 4.99 Å². The number of rotatable bonds is 4. The third kappa shape index (κ3) is 3.45. The zero-order chi connectivity index (χ0) is 12.8. The summed E-state index contributed by atoms with van der Waals surface area (Å²) < 4.78 is 0. The first-order valence-electron chi connectivity index (χ1n) is 5.41. The summed E-state index contributed by atoms with van der Waals surface area (Å²) in [5, 5.41) is 0. The van der Waals surface area contributed by atoms with Crippen LogP contribution >= 0.6 is 0 Å². The summed E-state index contributed by atoms with van der Waals surface area (Å²) in [5.41, 5.74) is 10.9. The van der Waals surface area contributed by atoms with Gasteiger partial charge in [-0.15, -0.1) is 0 Å². The van der Waals surface area contributed by atoms with Crippen molar-refractivity contribution in [1.82, 2.24) is 0 Å². The van der Waals surface area contributed by atoms with E-state index in [1.807, 2.05) is 44.2 Å². The van der Waals surface area contributed by atoms with Gasteiger partial charge in [0.2, 0.25) is 0 Å². The highest BCUT2D eigenvalue weighted by Crippen LogP contribution is 2.25. The van der Waals surface area contributed by atoms with Gasteiger partial charge in [-0.2, -0.15) is 0 Å². The smallest absolute Gasteiger partial charge is 0.0320 e. The van der Waals surface area contributed by atoms with Crippen molar-refractivity contribution in [3.8, 4) is 0 Å². The molecule has 0 unspecified atom stereocenters. The van der Waals surface area contributed by atoms with Crippen LogP contribution in [0.4, 0.5) is 5.69 Å². The summed E-state index contributed by atoms with van der Waals surface area (Å²) in [7, 11) is 0. The third-order valence-electron chi connectivity index (χ3n) is 2.60. The quantitative estimate of drug-likeness (QED) is 0.474. The summed E-state index contributed by atoms with van der Waals surface area (Å²) in [6.07, 6.45) is 5.44. The second kappa shape index (κ2) is 5.85. The van der Waals surface area contributed by atoms with Crippen LogP contribution in [0, 0.1) is 6.92 Å². The van der Waals surface area contributed by atoms with Crippen molar-refractivity contribution in [3.63, 3.8) is 0 Å². The molecule has 17 heavy (non-hydrogen) atoms. The van der Waals surface area contributed by atoms with Crippen LogP contribution in [0.2, 0.25) is 0 Å². The number of aryl methyl sites for hydroxylation is 1. The van der Waals surface area contributed by atoms with Crippen molar-refractivity contribution in [3.05, 3.63) is 59.8 Å². The van der Waals surface area contributed by atoms with Crippen LogP contribution in [0.1, 0.15) is 18.1 Å². The Morgan fingerprint density at radius 2 is 2.12 bits per heavy atom. The standard InChI is InChI=1S/C15H18N2/c1-11(6-5-9-17-4)13(3)15-10-14(16)8-7-12(15)2/h5-10H,3-4,16H2,1-2H3/b9-5-,11-6+. The Bertz CT molecular complexity index is 494. The molecule has 2 nitrogen and oxygen atoms in total. The van der Waals surface area contributed by atoms with E-state index >= 15 is 0 Å². The highest BCUT2D eigenvalue weighted by Gasteiger charge is 2.04. The predicted octanol–water partition coefficient (Wildman–Crippen LogP) is 3.75. The fourth-order valence-corrected chi connectivity index (χ4v) is 1.53. The number of allylic oxidation sites excluding steroid dienone is 4. The van der Waals surface area contributed by atoms with Crippen molar-refractivity contribution < 1.29 is 0 Å². The van der Waals surface area contributed by atoms with Gasteiger partial charge in [0.05, 0.1) is 0 Å². The van der Waals surface area contributed by atoms with E-state index in [0.29, 0.717) is 0 Å². The van der Waals surface area contributed by atoms with Crippen LogP contribution in [-0.4, -0.2) is 6.72 Å². The second-order valence-corrected chi connectivity index (χ2v) is 3.93. The lowest BCUT2D eigenvalue weighted by molar-refractivity contribution is 1.40. The molecule has 88 valence electrons. The van der Waals surface area contributed by atoms with Gasteiger partial charge in [0.25, 0.3) is 0 Å². The number of nitrogen functional groups attached to an aromatic ring is 1. The summed E-state index contributed by atoms with van der Waals surface area (Å²) in [6, 6.07) is 5.85. The zero-order valence-corrected chi connectivity index (χ0v) is 10.4. The Kier molecular flexibility index (Phi) is 4.46. The molecule has 1 rings (SSSR count). The lowest BCUT2D eigenvalue weighted by atomic mass is 9.96. The molecule has 1 aromatic carbocycles. The SMILES string of the molecule is C=N/C=C\C=C(/C)C(=C)c1cc(N)ccc1C. The average Bonchev–Trinajstić information content (AvgIpc) is 2.31. The van der Waals surface area contributed by atoms with E-state index < -0.39 is 0 Å². The maximum atomic E-state index is 5.79. The molecular formula is C15H18N2. The number of aliphatic imine (C=N–C) groups is 1. The van der Waals surface area contributed by atoms with Crippen molar-refractivity contribution in [2.75, 3.05) is 5.73 Å². The number of nitrogens with two attached hydrogens (primary N) is 1. The molecule has 0 saturated carbocycles. The second-order valence-electron chi connectivity index (χ2n) is 3.93. The van der Waals surface area contributed by atoms with Gasteiger partial charge in [-0.1, -0.05) is 18.7 Å². The number of nitrogens with zero attached hydrogens (tertiary/aromatic N) is 1. The molecule has 0 aliphatic heterocycles. The van der Waals surface area contributed by atoms with E-state index in [1.54, 1.807) is 6.20 Å². The van der Waals surface area contributed by atoms with Crippen LogP contribution in [0.15, 0.2) is 53.7 Å². The molecule has 0 fully saturated rings. The fraction of sp³-hybridized carbons (Fsp3) is 0.133. The maximum Gasteiger partial charge on any atom is 0.0320 e. The van der Waals surface area contributed by atoms with E-state index in [1.165, 1.54) is 5.56 Å². The first-order chi connectivity index (χ1) is 8.06. The minimum Gasteiger partial charge on any atom is -0.399 e. The minimum absolute atomic E-state index is 0.753. The topological polar surface area (TPSA) is 38.4 Å². The number of hydrogen-bond donors (Lipinski definition) is 1. The Hall–Kier alpha value is -2.09. The van der Waals surface area contributed by atoms with Crippen LogP contribution in [0.3, 0.4) is 0 Å². The Morgan fingerprint density at radius 3 is 2.76 bits per heavy atom. The lowest BCUT2D eigenvalue weighted by Crippen LogP contribution is -1.92. The van der Waals surface area contributed by atoms with Gasteiger partial charge in [-0.3, -0.25) is 4.99 Å². The molecule has 2 heteroatoms. The first kappa shape index (κ1) is 13.0. The van der Waals surface area contributed by atoms with E-state index in [9.17, 15) is 0 Å². The van der Waals surface area contributed by atoms with Gasteiger partial charge < -0.3 is 5.73 Å². The summed E-state index contributed by atoms with van der Waals surface area (Å²) in [5.74, 6) is 0. The highest BCUT2D eigenvalue weighted by atomic mass is 14.6. The molecular weight excluding hydrogens is 208 g/mol. The molecule has 0 aliphatic rings. The van der Waals surface area contributed by atoms with E-state index in [0.717, 1.165) is 22.4 Å². The zero-order valence-electron chi connectivity index (χ0n) is 10.4. The molecule has 0 spiro atoms. The maximum absolute atomic E-state index is 5.79. The lowest BCUT2D eigenvalue weighted by Gasteiger charge is -2.10. The molecule has 0 heterocycles. The van der Waals surface area contributed by atoms with Gasteiger partial charge in [0, 0.05) is 11.9 Å². The fourth-order valence-electron chi connectivity index (χ4n) is 1.53. The monoisotopic (exact) mass is 226 g/mol.